The van der Waals surface area contributed by atoms with E-state index in [-0.39, 0.29) is 4.90 Å². The Labute approximate surface area is 171 Å². The molecule has 0 spiro atoms. The maximum Gasteiger partial charge on any atom is 0.243 e. The van der Waals surface area contributed by atoms with Crippen LogP contribution < -0.4 is 14.8 Å². The molecule has 154 valence electrons. The normalized spacial score (nSPS) is 11.6. The van der Waals surface area contributed by atoms with Crippen LogP contribution >= 0.6 is 0 Å². The summed E-state index contributed by atoms with van der Waals surface area (Å²) in [7, 11) is -0.309. The summed E-state index contributed by atoms with van der Waals surface area (Å²) >= 11 is 0. The van der Waals surface area contributed by atoms with E-state index in [0.29, 0.717) is 24.6 Å². The third-order valence-corrected chi connectivity index (χ3v) is 6.79. The first-order chi connectivity index (χ1) is 13.9. The van der Waals surface area contributed by atoms with Crippen molar-refractivity contribution >= 4 is 32.3 Å². The Morgan fingerprint density at radius 3 is 2.17 bits per heavy atom. The summed E-state index contributed by atoms with van der Waals surface area (Å²) in [6.07, 6.45) is 1.70. The second-order valence-corrected chi connectivity index (χ2v) is 8.26. The molecule has 8 heteroatoms. The standard InChI is InChI=1S/C21H25N3O4S/c1-5-24(6-2)29(25,26)16-9-7-15(8-10-16)23-18-11-12-22-19-14-21(28-4)20(27-3)13-17(18)19/h7-14H,5-6H2,1-4H3,(H,22,23). The van der Waals surface area contributed by atoms with Gasteiger partial charge in [-0.15, -0.1) is 0 Å². The molecule has 0 radical (unpaired) electrons. The van der Waals surface area contributed by atoms with E-state index in [1.165, 1.54) is 4.31 Å². The maximum atomic E-state index is 12.6. The fraction of sp³-hybridized carbons (Fsp3) is 0.286. The van der Waals surface area contributed by atoms with Gasteiger partial charge in [0.25, 0.3) is 0 Å². The van der Waals surface area contributed by atoms with Crippen molar-refractivity contribution < 1.29 is 17.9 Å². The first-order valence-electron chi connectivity index (χ1n) is 9.32. The summed E-state index contributed by atoms with van der Waals surface area (Å²) in [4.78, 5) is 4.67. The highest BCUT2D eigenvalue weighted by Crippen LogP contribution is 2.35. The van der Waals surface area contributed by atoms with Crippen LogP contribution in [0.4, 0.5) is 11.4 Å². The lowest BCUT2D eigenvalue weighted by atomic mass is 10.1. The molecule has 0 atom stereocenters. The van der Waals surface area contributed by atoms with Crippen LogP contribution in [0.5, 0.6) is 11.5 Å². The predicted octanol–water partition coefficient (Wildman–Crippen LogP) is 4.03. The van der Waals surface area contributed by atoms with Crippen molar-refractivity contribution in [1.82, 2.24) is 9.29 Å². The van der Waals surface area contributed by atoms with E-state index in [4.69, 9.17) is 9.47 Å². The van der Waals surface area contributed by atoms with Crippen molar-refractivity contribution in [2.45, 2.75) is 18.7 Å². The Morgan fingerprint density at radius 2 is 1.59 bits per heavy atom. The number of benzene rings is 2. The number of nitrogens with zero attached hydrogens (tertiary/aromatic N) is 2. The van der Waals surface area contributed by atoms with Gasteiger partial charge in [0, 0.05) is 42.1 Å². The number of aromatic nitrogens is 1. The van der Waals surface area contributed by atoms with Crippen LogP contribution in [-0.2, 0) is 10.0 Å². The zero-order valence-electron chi connectivity index (χ0n) is 17.0. The summed E-state index contributed by atoms with van der Waals surface area (Å²) in [5, 5.41) is 4.19. The van der Waals surface area contributed by atoms with Crippen LogP contribution in [0.2, 0.25) is 0 Å². The average Bonchev–Trinajstić information content (AvgIpc) is 2.74. The minimum atomic E-state index is -3.48. The van der Waals surface area contributed by atoms with Gasteiger partial charge < -0.3 is 14.8 Å². The highest BCUT2D eigenvalue weighted by Gasteiger charge is 2.21. The first-order valence-corrected chi connectivity index (χ1v) is 10.8. The van der Waals surface area contributed by atoms with E-state index in [0.717, 1.165) is 22.3 Å². The van der Waals surface area contributed by atoms with E-state index < -0.39 is 10.0 Å². The van der Waals surface area contributed by atoms with Crippen molar-refractivity contribution in [1.29, 1.82) is 0 Å². The molecule has 0 bridgehead atoms. The molecule has 0 amide bonds. The van der Waals surface area contributed by atoms with Gasteiger partial charge in [-0.2, -0.15) is 4.31 Å². The number of sulfonamides is 1. The van der Waals surface area contributed by atoms with Crippen LogP contribution in [0.25, 0.3) is 10.9 Å². The Hall–Kier alpha value is -2.84. The first kappa shape index (κ1) is 20.9. The van der Waals surface area contributed by atoms with E-state index >= 15 is 0 Å². The Morgan fingerprint density at radius 1 is 0.966 bits per heavy atom. The van der Waals surface area contributed by atoms with Crippen LogP contribution in [0.15, 0.2) is 53.6 Å². The molecule has 3 aromatic rings. The molecule has 1 N–H and O–H groups in total. The van der Waals surface area contributed by atoms with Gasteiger partial charge in [0.1, 0.15) is 0 Å². The van der Waals surface area contributed by atoms with Crippen LogP contribution in [0.3, 0.4) is 0 Å². The molecule has 0 saturated carbocycles. The van der Waals surface area contributed by atoms with Gasteiger partial charge >= 0.3 is 0 Å². The fourth-order valence-corrected chi connectivity index (χ4v) is 4.62. The number of fused-ring (bicyclic) bond motifs is 1. The molecule has 0 aliphatic rings. The van der Waals surface area contributed by atoms with Crippen LogP contribution in [0.1, 0.15) is 13.8 Å². The zero-order chi connectivity index (χ0) is 21.0. The van der Waals surface area contributed by atoms with E-state index in [9.17, 15) is 8.42 Å². The SMILES string of the molecule is CCN(CC)S(=O)(=O)c1ccc(Nc2ccnc3cc(OC)c(OC)cc23)cc1. The molecule has 29 heavy (non-hydrogen) atoms. The van der Waals surface area contributed by atoms with Crippen LogP contribution in [0, 0.1) is 0 Å². The minimum Gasteiger partial charge on any atom is -0.493 e. The summed E-state index contributed by atoms with van der Waals surface area (Å²) < 4.78 is 37.5. The monoisotopic (exact) mass is 415 g/mol. The number of ether oxygens (including phenoxy) is 2. The fourth-order valence-electron chi connectivity index (χ4n) is 3.16. The molecule has 0 unspecified atom stereocenters. The highest BCUT2D eigenvalue weighted by molar-refractivity contribution is 7.89. The quantitative estimate of drug-likeness (QED) is 0.598. The molecule has 0 aliphatic carbocycles. The third-order valence-electron chi connectivity index (χ3n) is 4.72. The second-order valence-electron chi connectivity index (χ2n) is 6.32. The van der Waals surface area contributed by atoms with Crippen LogP contribution in [-0.4, -0.2) is 45.0 Å². The van der Waals surface area contributed by atoms with Crippen molar-refractivity contribution in [3.05, 3.63) is 48.7 Å². The van der Waals surface area contributed by atoms with Crippen molar-refractivity contribution in [3.63, 3.8) is 0 Å². The number of methoxy groups -OCH3 is 2. The summed E-state index contributed by atoms with van der Waals surface area (Å²) in [6, 6.07) is 12.3. The zero-order valence-corrected chi connectivity index (χ0v) is 17.8. The van der Waals surface area contributed by atoms with Gasteiger partial charge in [0.05, 0.1) is 24.6 Å². The van der Waals surface area contributed by atoms with Gasteiger partial charge in [-0.3, -0.25) is 4.98 Å². The maximum absolute atomic E-state index is 12.6. The van der Waals surface area contributed by atoms with Crippen molar-refractivity contribution in [2.24, 2.45) is 0 Å². The lowest BCUT2D eigenvalue weighted by Crippen LogP contribution is -2.30. The molecular formula is C21H25N3O4S. The number of rotatable bonds is 8. The third kappa shape index (κ3) is 4.13. The average molecular weight is 416 g/mol. The predicted molar refractivity (Wildman–Crippen MR) is 115 cm³/mol. The molecule has 7 nitrogen and oxygen atoms in total. The summed E-state index contributed by atoms with van der Waals surface area (Å²) in [6.45, 7) is 4.53. The topological polar surface area (TPSA) is 80.8 Å². The number of hydrogen-bond acceptors (Lipinski definition) is 6. The van der Waals surface area contributed by atoms with Gasteiger partial charge in [0.15, 0.2) is 11.5 Å². The molecule has 1 aromatic heterocycles. The van der Waals surface area contributed by atoms with Crippen molar-refractivity contribution in [3.8, 4) is 11.5 Å². The van der Waals surface area contributed by atoms with Gasteiger partial charge in [-0.25, -0.2) is 8.42 Å². The van der Waals surface area contributed by atoms with Gasteiger partial charge in [0.2, 0.25) is 10.0 Å². The molecular weight excluding hydrogens is 390 g/mol. The molecule has 3 rings (SSSR count). The Bertz CT molecular complexity index is 1090. The van der Waals surface area contributed by atoms with E-state index in [1.807, 2.05) is 32.0 Å². The lowest BCUT2D eigenvalue weighted by Gasteiger charge is -2.18. The number of anilines is 2. The van der Waals surface area contributed by atoms with Gasteiger partial charge in [-0.05, 0) is 36.4 Å². The molecule has 0 fully saturated rings. The summed E-state index contributed by atoms with van der Waals surface area (Å²) in [5.41, 5.74) is 2.36. The van der Waals surface area contributed by atoms with Gasteiger partial charge in [-0.1, -0.05) is 13.8 Å². The van der Waals surface area contributed by atoms with E-state index in [1.54, 1.807) is 44.7 Å². The smallest absolute Gasteiger partial charge is 0.243 e. The Balaban J connectivity index is 1.93. The minimum absolute atomic E-state index is 0.276. The number of pyridine rings is 1. The number of hydrogen-bond donors (Lipinski definition) is 1. The molecule has 0 saturated heterocycles. The highest BCUT2D eigenvalue weighted by atomic mass is 32.2. The van der Waals surface area contributed by atoms with Crippen molar-refractivity contribution in [2.75, 3.05) is 32.6 Å². The largest absolute Gasteiger partial charge is 0.493 e. The summed E-state index contributed by atoms with van der Waals surface area (Å²) in [5.74, 6) is 1.22. The molecule has 2 aromatic carbocycles. The lowest BCUT2D eigenvalue weighted by molar-refractivity contribution is 0.356. The second kappa shape index (κ2) is 8.67. The molecule has 1 heterocycles. The number of nitrogens with one attached hydrogen (secondary N) is 1. The van der Waals surface area contributed by atoms with E-state index in [2.05, 4.69) is 10.3 Å². The Kier molecular flexibility index (Phi) is 6.24. The molecule has 0 aliphatic heterocycles.